The van der Waals surface area contributed by atoms with E-state index in [1.54, 1.807) is 0 Å². The van der Waals surface area contributed by atoms with Gasteiger partial charge in [-0.05, 0) is 54.2 Å². The third-order valence-corrected chi connectivity index (χ3v) is 5.17. The van der Waals surface area contributed by atoms with Crippen molar-refractivity contribution in [1.29, 1.82) is 0 Å². The molecule has 0 amide bonds. The predicted octanol–water partition coefficient (Wildman–Crippen LogP) is 4.59. The standard InChI is InChI=1S/C13H18ClIN2/c1-3-4-10-11(15)12(14)17-13(16-10)9-6-5-8(2)7-9/h8-9H,3-7H2,1-2H3. The summed E-state index contributed by atoms with van der Waals surface area (Å²) in [6.45, 7) is 4.48. The minimum Gasteiger partial charge on any atom is -0.236 e. The summed E-state index contributed by atoms with van der Waals surface area (Å²) < 4.78 is 1.03. The normalized spacial score (nSPS) is 24.2. The van der Waals surface area contributed by atoms with Gasteiger partial charge in [0.1, 0.15) is 11.0 Å². The van der Waals surface area contributed by atoms with E-state index in [0.717, 1.165) is 33.8 Å². The lowest BCUT2D eigenvalue weighted by atomic mass is 10.1. The maximum atomic E-state index is 6.21. The summed E-state index contributed by atoms with van der Waals surface area (Å²) in [6, 6.07) is 0. The van der Waals surface area contributed by atoms with E-state index in [9.17, 15) is 0 Å². The number of rotatable bonds is 3. The summed E-state index contributed by atoms with van der Waals surface area (Å²) in [7, 11) is 0. The van der Waals surface area contributed by atoms with Crippen LogP contribution in [0.2, 0.25) is 5.15 Å². The van der Waals surface area contributed by atoms with Crippen LogP contribution in [-0.2, 0) is 6.42 Å². The molecule has 1 aromatic rings. The van der Waals surface area contributed by atoms with E-state index in [-0.39, 0.29) is 0 Å². The van der Waals surface area contributed by atoms with Crippen molar-refractivity contribution in [2.75, 3.05) is 0 Å². The van der Waals surface area contributed by atoms with Crippen LogP contribution >= 0.6 is 34.2 Å². The van der Waals surface area contributed by atoms with Crippen LogP contribution < -0.4 is 0 Å². The third-order valence-electron chi connectivity index (χ3n) is 3.44. The van der Waals surface area contributed by atoms with Crippen molar-refractivity contribution >= 4 is 34.2 Å². The van der Waals surface area contributed by atoms with Gasteiger partial charge in [-0.1, -0.05) is 31.9 Å². The molecule has 4 heteroatoms. The second kappa shape index (κ2) is 5.83. The quantitative estimate of drug-likeness (QED) is 0.579. The van der Waals surface area contributed by atoms with Gasteiger partial charge in [0, 0.05) is 5.92 Å². The molecular formula is C13H18ClIN2. The Morgan fingerprint density at radius 1 is 1.35 bits per heavy atom. The fraction of sp³-hybridized carbons (Fsp3) is 0.692. The van der Waals surface area contributed by atoms with Crippen molar-refractivity contribution in [3.63, 3.8) is 0 Å². The molecule has 0 bridgehead atoms. The Kier molecular flexibility index (Phi) is 4.64. The highest BCUT2D eigenvalue weighted by Crippen LogP contribution is 2.37. The van der Waals surface area contributed by atoms with Gasteiger partial charge in [-0.2, -0.15) is 0 Å². The second-order valence-electron chi connectivity index (χ2n) is 5.00. The van der Waals surface area contributed by atoms with E-state index in [1.807, 2.05) is 0 Å². The van der Waals surface area contributed by atoms with Gasteiger partial charge in [0.05, 0.1) is 9.26 Å². The molecule has 94 valence electrons. The second-order valence-corrected chi connectivity index (χ2v) is 6.44. The Labute approximate surface area is 122 Å². The van der Waals surface area contributed by atoms with Crippen molar-refractivity contribution in [2.45, 2.75) is 51.9 Å². The first kappa shape index (κ1) is 13.5. The smallest absolute Gasteiger partial charge is 0.146 e. The predicted molar refractivity (Wildman–Crippen MR) is 79.5 cm³/mol. The Hall–Kier alpha value is 0.100. The summed E-state index contributed by atoms with van der Waals surface area (Å²) in [4.78, 5) is 9.22. The fourth-order valence-corrected chi connectivity index (χ4v) is 3.21. The maximum Gasteiger partial charge on any atom is 0.146 e. The lowest BCUT2D eigenvalue weighted by Crippen LogP contribution is -2.07. The van der Waals surface area contributed by atoms with Crippen LogP contribution in [-0.4, -0.2) is 9.97 Å². The van der Waals surface area contributed by atoms with Crippen LogP contribution in [0, 0.1) is 9.49 Å². The number of hydrogen-bond acceptors (Lipinski definition) is 2. The number of hydrogen-bond donors (Lipinski definition) is 0. The number of aromatic nitrogens is 2. The molecule has 0 radical (unpaired) electrons. The van der Waals surface area contributed by atoms with Crippen molar-refractivity contribution in [1.82, 2.24) is 9.97 Å². The van der Waals surface area contributed by atoms with Crippen LogP contribution in [0.3, 0.4) is 0 Å². The molecule has 1 aliphatic carbocycles. The zero-order valence-corrected chi connectivity index (χ0v) is 13.3. The number of aryl methyl sites for hydroxylation is 1. The molecule has 2 nitrogen and oxygen atoms in total. The third kappa shape index (κ3) is 3.11. The molecule has 17 heavy (non-hydrogen) atoms. The number of halogens is 2. The molecule has 0 aromatic carbocycles. The van der Waals surface area contributed by atoms with Crippen LogP contribution in [0.4, 0.5) is 0 Å². The van der Waals surface area contributed by atoms with Gasteiger partial charge < -0.3 is 0 Å². The van der Waals surface area contributed by atoms with Crippen molar-refractivity contribution in [3.8, 4) is 0 Å². The van der Waals surface area contributed by atoms with Crippen LogP contribution in [0.1, 0.15) is 57.0 Å². The Morgan fingerprint density at radius 2 is 2.12 bits per heavy atom. The monoisotopic (exact) mass is 364 g/mol. The molecule has 1 aliphatic rings. The Balaban J connectivity index is 2.28. The molecule has 1 saturated carbocycles. The fourth-order valence-electron chi connectivity index (χ4n) is 2.51. The highest BCUT2D eigenvalue weighted by molar-refractivity contribution is 14.1. The average molecular weight is 365 g/mol. The van der Waals surface area contributed by atoms with Gasteiger partial charge in [0.2, 0.25) is 0 Å². The molecule has 0 spiro atoms. The van der Waals surface area contributed by atoms with E-state index in [4.69, 9.17) is 16.6 Å². The summed E-state index contributed by atoms with van der Waals surface area (Å²) in [5, 5.41) is 0.638. The molecule has 1 heterocycles. The minimum absolute atomic E-state index is 0.523. The molecule has 0 N–H and O–H groups in total. The lowest BCUT2D eigenvalue weighted by molar-refractivity contribution is 0.583. The topological polar surface area (TPSA) is 25.8 Å². The molecule has 0 saturated heterocycles. The summed E-state index contributed by atoms with van der Waals surface area (Å²) in [5.74, 6) is 2.30. The summed E-state index contributed by atoms with van der Waals surface area (Å²) in [5.41, 5.74) is 1.13. The lowest BCUT2D eigenvalue weighted by Gasteiger charge is -2.12. The van der Waals surface area contributed by atoms with Gasteiger partial charge in [0.25, 0.3) is 0 Å². The SMILES string of the molecule is CCCc1nc(C2CCC(C)C2)nc(Cl)c1I. The molecule has 2 rings (SSSR count). The largest absolute Gasteiger partial charge is 0.236 e. The molecule has 2 atom stereocenters. The Bertz CT molecular complexity index is 409. The van der Waals surface area contributed by atoms with E-state index in [2.05, 4.69) is 41.4 Å². The van der Waals surface area contributed by atoms with Gasteiger partial charge in [-0.25, -0.2) is 9.97 Å². The van der Waals surface area contributed by atoms with E-state index < -0.39 is 0 Å². The molecular weight excluding hydrogens is 347 g/mol. The zero-order valence-electron chi connectivity index (χ0n) is 10.3. The average Bonchev–Trinajstić information content (AvgIpc) is 2.71. The first-order chi connectivity index (χ1) is 8.11. The molecule has 1 aromatic heterocycles. The molecule has 0 aliphatic heterocycles. The van der Waals surface area contributed by atoms with Crippen molar-refractivity contribution < 1.29 is 0 Å². The molecule has 2 unspecified atom stereocenters. The highest BCUT2D eigenvalue weighted by atomic mass is 127. The van der Waals surface area contributed by atoms with Gasteiger partial charge in [0.15, 0.2) is 0 Å². The summed E-state index contributed by atoms with van der Waals surface area (Å²) in [6.07, 6.45) is 5.81. The first-order valence-corrected chi connectivity index (χ1v) is 7.79. The van der Waals surface area contributed by atoms with E-state index >= 15 is 0 Å². The van der Waals surface area contributed by atoms with Gasteiger partial charge in [-0.15, -0.1) is 0 Å². The summed E-state index contributed by atoms with van der Waals surface area (Å²) >= 11 is 8.47. The Morgan fingerprint density at radius 3 is 2.71 bits per heavy atom. The van der Waals surface area contributed by atoms with E-state index in [1.165, 1.54) is 19.3 Å². The van der Waals surface area contributed by atoms with Crippen LogP contribution in [0.5, 0.6) is 0 Å². The van der Waals surface area contributed by atoms with Crippen molar-refractivity contribution in [2.24, 2.45) is 5.92 Å². The zero-order chi connectivity index (χ0) is 12.4. The number of nitrogens with zero attached hydrogens (tertiary/aromatic N) is 2. The van der Waals surface area contributed by atoms with Crippen LogP contribution in [0.15, 0.2) is 0 Å². The van der Waals surface area contributed by atoms with Crippen LogP contribution in [0.25, 0.3) is 0 Å². The molecule has 1 fully saturated rings. The maximum absolute atomic E-state index is 6.21. The highest BCUT2D eigenvalue weighted by Gasteiger charge is 2.26. The van der Waals surface area contributed by atoms with Gasteiger partial charge >= 0.3 is 0 Å². The van der Waals surface area contributed by atoms with Gasteiger partial charge in [-0.3, -0.25) is 0 Å². The minimum atomic E-state index is 0.523. The van der Waals surface area contributed by atoms with E-state index in [0.29, 0.717) is 11.1 Å². The van der Waals surface area contributed by atoms with Crippen molar-refractivity contribution in [3.05, 3.63) is 20.2 Å². The first-order valence-electron chi connectivity index (χ1n) is 6.33.